The van der Waals surface area contributed by atoms with Gasteiger partial charge in [0.05, 0.1) is 12.0 Å². The zero-order valence-corrected chi connectivity index (χ0v) is 11.5. The maximum atomic E-state index is 12.7. The van der Waals surface area contributed by atoms with Gasteiger partial charge in [-0.05, 0) is 30.2 Å². The van der Waals surface area contributed by atoms with Crippen LogP contribution in [-0.2, 0) is 22.2 Å². The Balaban J connectivity index is 2.91. The van der Waals surface area contributed by atoms with E-state index in [-0.39, 0.29) is 18.6 Å². The molecule has 7 heteroatoms. The largest absolute Gasteiger partial charge is 0.426 e. The molecule has 1 amide bonds. The second-order valence-corrected chi connectivity index (χ2v) is 4.51. The predicted molar refractivity (Wildman–Crippen MR) is 69.5 cm³/mol. The molecular formula is C14H16F3NO3. The van der Waals surface area contributed by atoms with Crippen LogP contribution in [0.4, 0.5) is 13.2 Å². The molecule has 0 fully saturated rings. The standard InChI is InChI=1S/C14H16F3NO3/c1-2-3-9-8-10(14(15,16)17)4-5-11(9)21-13(20)7-6-12(18)19/h4-5,8H,2-3,6-7H2,1H3,(H2,18,19). The van der Waals surface area contributed by atoms with Gasteiger partial charge in [-0.15, -0.1) is 0 Å². The molecule has 0 saturated heterocycles. The topological polar surface area (TPSA) is 69.4 Å². The highest BCUT2D eigenvalue weighted by Gasteiger charge is 2.31. The summed E-state index contributed by atoms with van der Waals surface area (Å²) in [5.41, 5.74) is 4.42. The highest BCUT2D eigenvalue weighted by molar-refractivity contribution is 5.81. The van der Waals surface area contributed by atoms with Crippen LogP contribution in [0.1, 0.15) is 37.3 Å². The lowest BCUT2D eigenvalue weighted by Crippen LogP contribution is -2.16. The second-order valence-electron chi connectivity index (χ2n) is 4.51. The number of alkyl halides is 3. The fourth-order valence-corrected chi connectivity index (χ4v) is 1.72. The number of amides is 1. The molecule has 0 atom stereocenters. The number of hydrogen-bond acceptors (Lipinski definition) is 3. The summed E-state index contributed by atoms with van der Waals surface area (Å²) in [5, 5.41) is 0. The maximum absolute atomic E-state index is 12.7. The summed E-state index contributed by atoms with van der Waals surface area (Å²) in [6, 6.07) is 2.95. The van der Waals surface area contributed by atoms with E-state index in [9.17, 15) is 22.8 Å². The maximum Gasteiger partial charge on any atom is 0.416 e. The van der Waals surface area contributed by atoms with Crippen LogP contribution in [0.2, 0.25) is 0 Å². The normalized spacial score (nSPS) is 11.2. The van der Waals surface area contributed by atoms with E-state index in [2.05, 4.69) is 0 Å². The third kappa shape index (κ3) is 5.45. The Morgan fingerprint density at radius 2 is 1.90 bits per heavy atom. The molecular weight excluding hydrogens is 287 g/mol. The van der Waals surface area contributed by atoms with Gasteiger partial charge in [-0.3, -0.25) is 9.59 Å². The van der Waals surface area contributed by atoms with Crippen LogP contribution in [0.5, 0.6) is 5.75 Å². The number of primary amides is 1. The number of hydrogen-bond donors (Lipinski definition) is 1. The molecule has 0 aliphatic carbocycles. The first-order valence-electron chi connectivity index (χ1n) is 6.43. The van der Waals surface area contributed by atoms with Crippen molar-refractivity contribution in [2.75, 3.05) is 0 Å². The van der Waals surface area contributed by atoms with E-state index in [0.29, 0.717) is 18.4 Å². The van der Waals surface area contributed by atoms with Gasteiger partial charge >= 0.3 is 12.1 Å². The minimum absolute atomic E-state index is 0.0827. The Morgan fingerprint density at radius 1 is 1.24 bits per heavy atom. The van der Waals surface area contributed by atoms with E-state index in [0.717, 1.165) is 18.2 Å². The smallest absolute Gasteiger partial charge is 0.416 e. The molecule has 2 N–H and O–H groups in total. The molecule has 0 aliphatic heterocycles. The van der Waals surface area contributed by atoms with Crippen molar-refractivity contribution in [1.29, 1.82) is 0 Å². The average molecular weight is 303 g/mol. The molecule has 116 valence electrons. The van der Waals surface area contributed by atoms with E-state index >= 15 is 0 Å². The van der Waals surface area contributed by atoms with Crippen molar-refractivity contribution in [1.82, 2.24) is 0 Å². The Bertz CT molecular complexity index is 527. The van der Waals surface area contributed by atoms with E-state index < -0.39 is 23.6 Å². The third-order valence-electron chi connectivity index (χ3n) is 2.71. The number of esters is 1. The lowest BCUT2D eigenvalue weighted by Gasteiger charge is -2.13. The van der Waals surface area contributed by atoms with Crippen molar-refractivity contribution in [2.24, 2.45) is 5.73 Å². The predicted octanol–water partition coefficient (Wildman–Crippen LogP) is 2.83. The molecule has 0 saturated carbocycles. The fraction of sp³-hybridized carbons (Fsp3) is 0.429. The number of carbonyl (C=O) groups excluding carboxylic acids is 2. The van der Waals surface area contributed by atoms with Crippen LogP contribution < -0.4 is 10.5 Å². The number of halogens is 3. The third-order valence-corrected chi connectivity index (χ3v) is 2.71. The van der Waals surface area contributed by atoms with E-state index in [4.69, 9.17) is 10.5 Å². The summed E-state index contributed by atoms with van der Waals surface area (Å²) in [6.45, 7) is 1.80. The molecule has 21 heavy (non-hydrogen) atoms. The number of aryl methyl sites for hydroxylation is 1. The summed E-state index contributed by atoms with van der Waals surface area (Å²) in [5.74, 6) is -1.27. The monoisotopic (exact) mass is 303 g/mol. The summed E-state index contributed by atoms with van der Waals surface area (Å²) in [4.78, 5) is 22.1. The average Bonchev–Trinajstić information content (AvgIpc) is 2.37. The number of nitrogens with two attached hydrogens (primary N) is 1. The number of carbonyl (C=O) groups is 2. The van der Waals surface area contributed by atoms with Gasteiger partial charge in [-0.25, -0.2) is 0 Å². The zero-order chi connectivity index (χ0) is 16.0. The van der Waals surface area contributed by atoms with Crippen LogP contribution in [0.15, 0.2) is 18.2 Å². The molecule has 0 spiro atoms. The van der Waals surface area contributed by atoms with E-state index in [1.54, 1.807) is 6.92 Å². The minimum atomic E-state index is -4.45. The van der Waals surface area contributed by atoms with Gasteiger partial charge in [0.1, 0.15) is 5.75 Å². The van der Waals surface area contributed by atoms with Crippen molar-refractivity contribution in [3.8, 4) is 5.75 Å². The van der Waals surface area contributed by atoms with Crippen molar-refractivity contribution >= 4 is 11.9 Å². The van der Waals surface area contributed by atoms with Crippen LogP contribution in [0, 0.1) is 0 Å². The van der Waals surface area contributed by atoms with Gasteiger partial charge in [0, 0.05) is 6.42 Å². The van der Waals surface area contributed by atoms with E-state index in [1.807, 2.05) is 0 Å². The first-order valence-corrected chi connectivity index (χ1v) is 6.43. The highest BCUT2D eigenvalue weighted by atomic mass is 19.4. The number of ether oxygens (including phenoxy) is 1. The minimum Gasteiger partial charge on any atom is -0.426 e. The van der Waals surface area contributed by atoms with Crippen molar-refractivity contribution in [3.63, 3.8) is 0 Å². The van der Waals surface area contributed by atoms with Crippen LogP contribution >= 0.6 is 0 Å². The van der Waals surface area contributed by atoms with Crippen molar-refractivity contribution in [3.05, 3.63) is 29.3 Å². The van der Waals surface area contributed by atoms with Gasteiger partial charge in [0.25, 0.3) is 0 Å². The molecule has 1 rings (SSSR count). The lowest BCUT2D eigenvalue weighted by atomic mass is 10.1. The van der Waals surface area contributed by atoms with Gasteiger partial charge < -0.3 is 10.5 Å². The van der Waals surface area contributed by atoms with Gasteiger partial charge in [0.2, 0.25) is 5.91 Å². The van der Waals surface area contributed by atoms with Gasteiger partial charge in [-0.2, -0.15) is 13.2 Å². The molecule has 0 bridgehead atoms. The Morgan fingerprint density at radius 3 is 2.43 bits per heavy atom. The summed E-state index contributed by atoms with van der Waals surface area (Å²) >= 11 is 0. The molecule has 0 aromatic heterocycles. The van der Waals surface area contributed by atoms with Gasteiger partial charge in [0.15, 0.2) is 0 Å². The molecule has 1 aromatic carbocycles. The first kappa shape index (κ1) is 17.0. The fourth-order valence-electron chi connectivity index (χ4n) is 1.72. The van der Waals surface area contributed by atoms with Crippen LogP contribution in [-0.4, -0.2) is 11.9 Å². The molecule has 0 aliphatic rings. The second kappa shape index (κ2) is 7.10. The quantitative estimate of drug-likeness (QED) is 0.649. The molecule has 0 unspecified atom stereocenters. The summed E-state index contributed by atoms with van der Waals surface area (Å²) < 4.78 is 43.0. The zero-order valence-electron chi connectivity index (χ0n) is 11.5. The summed E-state index contributed by atoms with van der Waals surface area (Å²) in [6.07, 6.45) is -3.86. The SMILES string of the molecule is CCCc1cc(C(F)(F)F)ccc1OC(=O)CCC(N)=O. The molecule has 0 heterocycles. The van der Waals surface area contributed by atoms with Crippen molar-refractivity contribution < 1.29 is 27.5 Å². The first-order chi connectivity index (χ1) is 9.74. The summed E-state index contributed by atoms with van der Waals surface area (Å²) in [7, 11) is 0. The molecule has 0 radical (unpaired) electrons. The Hall–Kier alpha value is -2.05. The molecule has 1 aromatic rings. The lowest BCUT2D eigenvalue weighted by molar-refractivity contribution is -0.137. The van der Waals surface area contributed by atoms with Crippen LogP contribution in [0.3, 0.4) is 0 Å². The molecule has 4 nitrogen and oxygen atoms in total. The Labute approximate surface area is 120 Å². The van der Waals surface area contributed by atoms with Crippen LogP contribution in [0.25, 0.3) is 0 Å². The Kier molecular flexibility index (Phi) is 5.75. The number of rotatable bonds is 6. The van der Waals surface area contributed by atoms with Crippen molar-refractivity contribution in [2.45, 2.75) is 38.8 Å². The number of benzene rings is 1. The van der Waals surface area contributed by atoms with E-state index in [1.165, 1.54) is 0 Å². The highest BCUT2D eigenvalue weighted by Crippen LogP contribution is 2.33. The van der Waals surface area contributed by atoms with Gasteiger partial charge in [-0.1, -0.05) is 13.3 Å².